The predicted octanol–water partition coefficient (Wildman–Crippen LogP) is 3.43. The molecule has 0 fully saturated rings. The molecule has 4 nitrogen and oxygen atoms in total. The van der Waals surface area contributed by atoms with Gasteiger partial charge < -0.3 is 9.84 Å². The van der Waals surface area contributed by atoms with Gasteiger partial charge in [-0.1, -0.05) is 49.3 Å². The molecule has 0 spiro atoms. The second-order valence-corrected chi connectivity index (χ2v) is 5.27. The quantitative estimate of drug-likeness (QED) is 0.907. The maximum absolute atomic E-state index is 12.3. The van der Waals surface area contributed by atoms with Gasteiger partial charge in [-0.05, 0) is 19.3 Å². The smallest absolute Gasteiger partial charge is 0.257 e. The zero-order chi connectivity index (χ0) is 14.5. The fourth-order valence-corrected chi connectivity index (χ4v) is 2.00. The molecule has 2 rings (SSSR count). The second-order valence-electron chi connectivity index (χ2n) is 5.27. The molecule has 106 valence electrons. The van der Waals surface area contributed by atoms with Crippen LogP contribution in [0.15, 0.2) is 34.9 Å². The number of rotatable bonds is 5. The first-order valence-electron chi connectivity index (χ1n) is 6.89. The zero-order valence-corrected chi connectivity index (χ0v) is 12.1. The summed E-state index contributed by atoms with van der Waals surface area (Å²) in [6, 6.07) is 9.60. The number of carbonyl (C=O) groups excluding carboxylic acids is 1. The van der Waals surface area contributed by atoms with Gasteiger partial charge in [-0.3, -0.25) is 4.79 Å². The van der Waals surface area contributed by atoms with Crippen LogP contribution in [0.25, 0.3) is 11.3 Å². The predicted molar refractivity (Wildman–Crippen MR) is 78.5 cm³/mol. The molecule has 1 amide bonds. The van der Waals surface area contributed by atoms with Gasteiger partial charge in [0.1, 0.15) is 17.0 Å². The lowest BCUT2D eigenvalue weighted by Crippen LogP contribution is -2.26. The Hall–Kier alpha value is -2.10. The number of amides is 1. The van der Waals surface area contributed by atoms with Crippen molar-refractivity contribution in [1.82, 2.24) is 10.5 Å². The molecule has 1 N–H and O–H groups in total. The molecule has 0 atom stereocenters. The Morgan fingerprint density at radius 1 is 1.30 bits per heavy atom. The van der Waals surface area contributed by atoms with Crippen molar-refractivity contribution in [1.29, 1.82) is 0 Å². The van der Waals surface area contributed by atoms with Crippen LogP contribution in [0.5, 0.6) is 0 Å². The lowest BCUT2D eigenvalue weighted by atomic mass is 10.1. The number of hydrogen-bond acceptors (Lipinski definition) is 3. The van der Waals surface area contributed by atoms with E-state index in [9.17, 15) is 4.79 Å². The number of benzene rings is 1. The van der Waals surface area contributed by atoms with Gasteiger partial charge in [0.05, 0.1) is 0 Å². The molecular formula is C16H20N2O2. The molecule has 1 aromatic heterocycles. The number of carbonyl (C=O) groups is 1. The molecular weight excluding hydrogens is 252 g/mol. The van der Waals surface area contributed by atoms with E-state index in [4.69, 9.17) is 4.52 Å². The van der Waals surface area contributed by atoms with E-state index in [1.807, 2.05) is 30.3 Å². The summed E-state index contributed by atoms with van der Waals surface area (Å²) in [5.74, 6) is 0.988. The van der Waals surface area contributed by atoms with Crippen molar-refractivity contribution >= 4 is 5.91 Å². The fraction of sp³-hybridized carbons (Fsp3) is 0.375. The summed E-state index contributed by atoms with van der Waals surface area (Å²) in [6.45, 7) is 6.69. The molecule has 1 heterocycles. The summed E-state index contributed by atoms with van der Waals surface area (Å²) in [7, 11) is 0. The number of nitrogens with one attached hydrogen (secondary N) is 1. The van der Waals surface area contributed by atoms with Crippen LogP contribution >= 0.6 is 0 Å². The third kappa shape index (κ3) is 3.26. The summed E-state index contributed by atoms with van der Waals surface area (Å²) in [4.78, 5) is 12.3. The van der Waals surface area contributed by atoms with Crippen molar-refractivity contribution in [3.8, 4) is 11.3 Å². The van der Waals surface area contributed by atoms with Crippen molar-refractivity contribution < 1.29 is 9.32 Å². The standard InChI is InChI=1S/C16H20N2O2/c1-11(2)9-10-17-16(19)14-12(3)20-18-15(14)13-7-5-4-6-8-13/h4-8,11H,9-10H2,1-3H3,(H,17,19). The fourth-order valence-electron chi connectivity index (χ4n) is 2.00. The molecule has 0 saturated carbocycles. The summed E-state index contributed by atoms with van der Waals surface area (Å²) in [5, 5.41) is 6.94. The Bertz CT molecular complexity index is 573. The topological polar surface area (TPSA) is 55.1 Å². The first-order valence-corrected chi connectivity index (χ1v) is 6.89. The van der Waals surface area contributed by atoms with Crippen LogP contribution in [-0.4, -0.2) is 17.6 Å². The first kappa shape index (κ1) is 14.3. The van der Waals surface area contributed by atoms with Gasteiger partial charge >= 0.3 is 0 Å². The molecule has 20 heavy (non-hydrogen) atoms. The van der Waals surface area contributed by atoms with Crippen molar-refractivity contribution in [3.63, 3.8) is 0 Å². The Morgan fingerprint density at radius 2 is 2.00 bits per heavy atom. The number of hydrogen-bond donors (Lipinski definition) is 1. The molecule has 0 aliphatic heterocycles. The summed E-state index contributed by atoms with van der Waals surface area (Å²) >= 11 is 0. The van der Waals surface area contributed by atoms with Gasteiger partial charge in [0.2, 0.25) is 0 Å². The number of aromatic nitrogens is 1. The van der Waals surface area contributed by atoms with Gasteiger partial charge in [-0.2, -0.15) is 0 Å². The minimum absolute atomic E-state index is 0.122. The van der Waals surface area contributed by atoms with E-state index < -0.39 is 0 Å². The average Bonchev–Trinajstić information content (AvgIpc) is 2.81. The van der Waals surface area contributed by atoms with E-state index in [0.717, 1.165) is 12.0 Å². The highest BCUT2D eigenvalue weighted by atomic mass is 16.5. The molecule has 0 unspecified atom stereocenters. The third-order valence-corrected chi connectivity index (χ3v) is 3.14. The van der Waals surface area contributed by atoms with Gasteiger partial charge in [-0.25, -0.2) is 0 Å². The van der Waals surface area contributed by atoms with E-state index in [2.05, 4.69) is 24.3 Å². The van der Waals surface area contributed by atoms with Crippen molar-refractivity contribution in [2.45, 2.75) is 27.2 Å². The van der Waals surface area contributed by atoms with Crippen LogP contribution in [0.3, 0.4) is 0 Å². The maximum Gasteiger partial charge on any atom is 0.257 e. The van der Waals surface area contributed by atoms with E-state index in [0.29, 0.717) is 29.5 Å². The highest BCUT2D eigenvalue weighted by Crippen LogP contribution is 2.24. The minimum atomic E-state index is -0.122. The molecule has 4 heteroatoms. The summed E-state index contributed by atoms with van der Waals surface area (Å²) in [6.07, 6.45) is 0.955. The van der Waals surface area contributed by atoms with Crippen LogP contribution in [0.2, 0.25) is 0 Å². The lowest BCUT2D eigenvalue weighted by Gasteiger charge is -2.07. The second kappa shape index (κ2) is 6.37. The van der Waals surface area contributed by atoms with Crippen LogP contribution in [0, 0.1) is 12.8 Å². The SMILES string of the molecule is Cc1onc(-c2ccccc2)c1C(=O)NCCC(C)C. The largest absolute Gasteiger partial charge is 0.360 e. The first-order chi connectivity index (χ1) is 9.59. The minimum Gasteiger partial charge on any atom is -0.360 e. The maximum atomic E-state index is 12.3. The van der Waals surface area contributed by atoms with Crippen LogP contribution in [-0.2, 0) is 0 Å². The van der Waals surface area contributed by atoms with Crippen molar-refractivity contribution in [2.24, 2.45) is 5.92 Å². The molecule has 1 aromatic carbocycles. The molecule has 2 aromatic rings. The lowest BCUT2D eigenvalue weighted by molar-refractivity contribution is 0.0951. The van der Waals surface area contributed by atoms with Crippen molar-refractivity contribution in [3.05, 3.63) is 41.7 Å². The van der Waals surface area contributed by atoms with Gasteiger partial charge in [0.25, 0.3) is 5.91 Å². The number of nitrogens with zero attached hydrogens (tertiary/aromatic N) is 1. The Labute approximate surface area is 119 Å². The molecule has 0 radical (unpaired) electrons. The highest BCUT2D eigenvalue weighted by Gasteiger charge is 2.21. The summed E-state index contributed by atoms with van der Waals surface area (Å²) < 4.78 is 5.19. The van der Waals surface area contributed by atoms with Gasteiger partial charge in [0, 0.05) is 12.1 Å². The molecule has 0 bridgehead atoms. The monoisotopic (exact) mass is 272 g/mol. The van der Waals surface area contributed by atoms with Crippen LogP contribution < -0.4 is 5.32 Å². The van der Waals surface area contributed by atoms with E-state index in [-0.39, 0.29) is 5.91 Å². The average molecular weight is 272 g/mol. The Morgan fingerprint density at radius 3 is 2.65 bits per heavy atom. The van der Waals surface area contributed by atoms with E-state index in [1.165, 1.54) is 0 Å². The molecule has 0 aliphatic rings. The summed E-state index contributed by atoms with van der Waals surface area (Å²) in [5.41, 5.74) is 2.02. The van der Waals surface area contributed by atoms with Crippen LogP contribution in [0.4, 0.5) is 0 Å². The molecule has 0 saturated heterocycles. The van der Waals surface area contributed by atoms with E-state index in [1.54, 1.807) is 6.92 Å². The highest BCUT2D eigenvalue weighted by molar-refractivity contribution is 6.00. The molecule has 0 aliphatic carbocycles. The van der Waals surface area contributed by atoms with E-state index >= 15 is 0 Å². The normalized spacial score (nSPS) is 10.8. The Kier molecular flexibility index (Phi) is 4.56. The third-order valence-electron chi connectivity index (χ3n) is 3.14. The van der Waals surface area contributed by atoms with Gasteiger partial charge in [-0.15, -0.1) is 0 Å². The van der Waals surface area contributed by atoms with Gasteiger partial charge in [0.15, 0.2) is 0 Å². The van der Waals surface area contributed by atoms with Crippen LogP contribution in [0.1, 0.15) is 36.4 Å². The van der Waals surface area contributed by atoms with Crippen molar-refractivity contribution in [2.75, 3.05) is 6.54 Å². The number of aryl methyl sites for hydroxylation is 1. The Balaban J connectivity index is 2.19. The zero-order valence-electron chi connectivity index (χ0n) is 12.1.